The Hall–Kier alpha value is -2.81. The molecular weight excluding hydrogens is 450 g/mol. The Kier molecular flexibility index (Phi) is 16.2. The number of aliphatic hydroxyl groups excluding tert-OH is 1. The first-order valence-corrected chi connectivity index (χ1v) is 11.3. The minimum Gasteiger partial charge on any atom is -0.480 e. The normalized spacial score (nSPS) is 14.4. The molecule has 0 fully saturated rings. The van der Waals surface area contributed by atoms with Gasteiger partial charge in [0.2, 0.25) is 23.6 Å². The lowest BCUT2D eigenvalue weighted by molar-refractivity contribution is -0.142. The van der Waals surface area contributed by atoms with E-state index in [1.807, 2.05) is 0 Å². The number of carbonyl (C=O) groups is 5. The molecule has 0 aromatic carbocycles. The van der Waals surface area contributed by atoms with E-state index < -0.39 is 60.4 Å². The fourth-order valence-electron chi connectivity index (χ4n) is 2.96. The summed E-state index contributed by atoms with van der Waals surface area (Å²) in [7, 11) is 0. The van der Waals surface area contributed by atoms with E-state index in [1.165, 1.54) is 0 Å². The van der Waals surface area contributed by atoms with Crippen molar-refractivity contribution in [1.82, 2.24) is 16.0 Å². The van der Waals surface area contributed by atoms with Crippen molar-refractivity contribution in [3.63, 3.8) is 0 Å². The maximum atomic E-state index is 12.7. The molecule has 13 N–H and O–H groups in total. The number of unbranched alkanes of at least 4 members (excludes halogenated alkanes) is 2. The number of carbonyl (C=O) groups excluding carboxylic acids is 4. The van der Waals surface area contributed by atoms with E-state index in [0.29, 0.717) is 45.2 Å². The molecule has 0 saturated carbocycles. The molecule has 0 radical (unpaired) electrons. The lowest BCUT2D eigenvalue weighted by Crippen LogP contribution is -2.58. The van der Waals surface area contributed by atoms with Gasteiger partial charge in [0.1, 0.15) is 18.1 Å². The van der Waals surface area contributed by atoms with Crippen LogP contribution < -0.4 is 38.9 Å². The van der Waals surface area contributed by atoms with Crippen LogP contribution in [0.2, 0.25) is 0 Å². The molecule has 4 atom stereocenters. The molecule has 14 heteroatoms. The quantitative estimate of drug-likeness (QED) is 0.0803. The number of carboxylic acids is 1. The van der Waals surface area contributed by atoms with Crippen molar-refractivity contribution in [3.05, 3.63) is 0 Å². The molecule has 0 heterocycles. The molecule has 0 bridgehead atoms. The number of hydrogen-bond acceptors (Lipinski definition) is 9. The first-order chi connectivity index (χ1) is 16.1. The van der Waals surface area contributed by atoms with Gasteiger partial charge < -0.3 is 49.1 Å². The minimum atomic E-state index is -1.39. The van der Waals surface area contributed by atoms with Gasteiger partial charge in [0.25, 0.3) is 0 Å². The molecule has 0 rings (SSSR count). The Morgan fingerprint density at radius 2 is 1.21 bits per heavy atom. The predicted molar refractivity (Wildman–Crippen MR) is 123 cm³/mol. The van der Waals surface area contributed by atoms with Crippen molar-refractivity contribution in [2.45, 2.75) is 75.5 Å². The lowest BCUT2D eigenvalue weighted by Gasteiger charge is -2.24. The highest BCUT2D eigenvalue weighted by atomic mass is 16.4. The number of rotatable bonds is 19. The van der Waals surface area contributed by atoms with Gasteiger partial charge in [0.15, 0.2) is 0 Å². The molecule has 0 spiro atoms. The van der Waals surface area contributed by atoms with Gasteiger partial charge in [-0.25, -0.2) is 4.79 Å². The molecule has 0 aromatic heterocycles. The zero-order valence-electron chi connectivity index (χ0n) is 19.3. The van der Waals surface area contributed by atoms with E-state index in [9.17, 15) is 34.2 Å². The van der Waals surface area contributed by atoms with Crippen molar-refractivity contribution in [3.8, 4) is 0 Å². The Morgan fingerprint density at radius 1 is 0.706 bits per heavy atom. The second-order valence-corrected chi connectivity index (χ2v) is 7.88. The van der Waals surface area contributed by atoms with Crippen LogP contribution in [-0.4, -0.2) is 83.7 Å². The number of amides is 4. The van der Waals surface area contributed by atoms with Crippen LogP contribution in [0.25, 0.3) is 0 Å². The highest BCUT2D eigenvalue weighted by molar-refractivity contribution is 5.94. The molecule has 0 saturated heterocycles. The lowest BCUT2D eigenvalue weighted by atomic mass is 10.1. The van der Waals surface area contributed by atoms with Crippen LogP contribution >= 0.6 is 0 Å². The molecule has 34 heavy (non-hydrogen) atoms. The number of primary amides is 1. The van der Waals surface area contributed by atoms with Gasteiger partial charge in [0.05, 0.1) is 12.6 Å². The maximum absolute atomic E-state index is 12.7. The average molecular weight is 490 g/mol. The molecule has 0 aliphatic carbocycles. The fraction of sp³-hybridized carbons (Fsp3) is 0.750. The van der Waals surface area contributed by atoms with Crippen molar-refractivity contribution in [2.24, 2.45) is 22.9 Å². The highest BCUT2D eigenvalue weighted by Gasteiger charge is 2.30. The predicted octanol–water partition coefficient (Wildman–Crippen LogP) is -3.63. The zero-order valence-corrected chi connectivity index (χ0v) is 19.3. The second-order valence-electron chi connectivity index (χ2n) is 7.88. The average Bonchev–Trinajstić information content (AvgIpc) is 2.78. The van der Waals surface area contributed by atoms with Gasteiger partial charge in [-0.1, -0.05) is 6.42 Å². The van der Waals surface area contributed by atoms with Crippen LogP contribution in [-0.2, 0) is 24.0 Å². The largest absolute Gasteiger partial charge is 0.480 e. The summed E-state index contributed by atoms with van der Waals surface area (Å²) < 4.78 is 0. The smallest absolute Gasteiger partial charge is 0.326 e. The Balaban J connectivity index is 5.21. The summed E-state index contributed by atoms with van der Waals surface area (Å²) in [5.41, 5.74) is 21.7. The summed E-state index contributed by atoms with van der Waals surface area (Å²) in [5, 5.41) is 25.9. The van der Waals surface area contributed by atoms with E-state index in [4.69, 9.17) is 22.9 Å². The number of nitrogens with one attached hydrogen (secondary N) is 3. The van der Waals surface area contributed by atoms with Gasteiger partial charge >= 0.3 is 5.97 Å². The van der Waals surface area contributed by atoms with E-state index >= 15 is 0 Å². The number of aliphatic carboxylic acids is 1. The second kappa shape index (κ2) is 17.6. The van der Waals surface area contributed by atoms with E-state index in [2.05, 4.69) is 16.0 Å². The van der Waals surface area contributed by atoms with Crippen LogP contribution in [0.15, 0.2) is 0 Å². The third kappa shape index (κ3) is 13.0. The third-order valence-corrected chi connectivity index (χ3v) is 5.00. The highest BCUT2D eigenvalue weighted by Crippen LogP contribution is 2.05. The maximum Gasteiger partial charge on any atom is 0.326 e. The molecule has 0 aliphatic heterocycles. The van der Waals surface area contributed by atoms with Crippen molar-refractivity contribution in [2.75, 3.05) is 19.7 Å². The van der Waals surface area contributed by atoms with Crippen LogP contribution in [0.1, 0.15) is 51.4 Å². The molecular formula is C20H39N7O7. The summed E-state index contributed by atoms with van der Waals surface area (Å²) in [6.07, 6.45) is 2.27. The van der Waals surface area contributed by atoms with Gasteiger partial charge in [-0.3, -0.25) is 19.2 Å². The number of hydrogen-bond donors (Lipinski definition) is 9. The van der Waals surface area contributed by atoms with Crippen LogP contribution in [0, 0.1) is 0 Å². The van der Waals surface area contributed by atoms with E-state index in [-0.39, 0.29) is 19.3 Å². The van der Waals surface area contributed by atoms with Gasteiger partial charge in [-0.05, 0) is 51.6 Å². The number of nitrogens with two attached hydrogens (primary N) is 4. The van der Waals surface area contributed by atoms with Crippen LogP contribution in [0.5, 0.6) is 0 Å². The topological polar surface area (TPSA) is 266 Å². The monoisotopic (exact) mass is 489 g/mol. The summed E-state index contributed by atoms with van der Waals surface area (Å²) >= 11 is 0. The van der Waals surface area contributed by atoms with Crippen molar-refractivity contribution in [1.29, 1.82) is 0 Å². The first-order valence-electron chi connectivity index (χ1n) is 11.3. The van der Waals surface area contributed by atoms with Crippen LogP contribution in [0.4, 0.5) is 0 Å². The van der Waals surface area contributed by atoms with Gasteiger partial charge in [-0.15, -0.1) is 0 Å². The third-order valence-electron chi connectivity index (χ3n) is 5.00. The first kappa shape index (κ1) is 31.2. The van der Waals surface area contributed by atoms with Crippen LogP contribution in [0.3, 0.4) is 0 Å². The summed E-state index contributed by atoms with van der Waals surface area (Å²) in [6, 6.07) is -4.84. The molecule has 196 valence electrons. The molecule has 14 nitrogen and oxygen atoms in total. The van der Waals surface area contributed by atoms with E-state index in [1.54, 1.807) is 0 Å². The van der Waals surface area contributed by atoms with Crippen molar-refractivity contribution >= 4 is 29.6 Å². The summed E-state index contributed by atoms with van der Waals surface area (Å²) in [4.78, 5) is 60.0. The van der Waals surface area contributed by atoms with E-state index in [0.717, 1.165) is 0 Å². The SMILES string of the molecule is NCCCCC(N)C(=O)NC(CO)C(=O)NC(CCCCN)C(=O)NC(CCC(N)=O)C(=O)O. The van der Waals surface area contributed by atoms with Crippen molar-refractivity contribution < 1.29 is 34.2 Å². The van der Waals surface area contributed by atoms with Gasteiger partial charge in [-0.2, -0.15) is 0 Å². The standard InChI is InChI=1S/C20H39N7O7/c21-9-3-1-5-12(23)17(30)27-15(11-28)19(32)25-13(6-2-4-10-22)18(31)26-14(20(33)34)7-8-16(24)29/h12-15,28H,1-11,21-23H2,(H2,24,29)(H,25,32)(H,26,31)(H,27,30)(H,33,34). The molecule has 4 amide bonds. The number of aliphatic hydroxyl groups is 1. The Morgan fingerprint density at radius 3 is 1.71 bits per heavy atom. The fourth-order valence-corrected chi connectivity index (χ4v) is 2.96. The summed E-state index contributed by atoms with van der Waals surface area (Å²) in [6.45, 7) is 0.0471. The zero-order chi connectivity index (χ0) is 26.1. The number of carboxylic acid groups (broad SMARTS) is 1. The molecule has 0 aromatic rings. The molecule has 0 aliphatic rings. The van der Waals surface area contributed by atoms with Gasteiger partial charge in [0, 0.05) is 6.42 Å². The molecule has 4 unspecified atom stereocenters. The summed E-state index contributed by atoms with van der Waals surface area (Å²) in [5.74, 6) is -4.39. The minimum absolute atomic E-state index is 0.127. The Bertz CT molecular complexity index is 678. The Labute approximate surface area is 198 Å².